The number of benzene rings is 1. The lowest BCUT2D eigenvalue weighted by Crippen LogP contribution is -2.02. The molecule has 3 nitrogen and oxygen atoms in total. The van der Waals surface area contributed by atoms with Gasteiger partial charge in [-0.15, -0.1) is 0 Å². The van der Waals surface area contributed by atoms with Crippen molar-refractivity contribution in [3.63, 3.8) is 0 Å². The smallest absolute Gasteiger partial charge is 0.131 e. The molecule has 0 bridgehead atoms. The number of hydrogen-bond acceptors (Lipinski definition) is 3. The lowest BCUT2D eigenvalue weighted by atomic mass is 9.96. The minimum atomic E-state index is 0.774. The predicted molar refractivity (Wildman–Crippen MR) is 85.4 cm³/mol. The Morgan fingerprint density at radius 2 is 1.60 bits per heavy atom. The fourth-order valence-electron chi connectivity index (χ4n) is 2.49. The van der Waals surface area contributed by atoms with E-state index in [0.29, 0.717) is 0 Å². The van der Waals surface area contributed by atoms with E-state index in [1.54, 1.807) is 7.11 Å². The molecule has 2 aromatic rings. The summed E-state index contributed by atoms with van der Waals surface area (Å²) >= 11 is 3.68. The Morgan fingerprint density at radius 3 is 2.15 bits per heavy atom. The van der Waals surface area contributed by atoms with Gasteiger partial charge in [0.15, 0.2) is 0 Å². The highest BCUT2D eigenvalue weighted by Gasteiger charge is 2.19. The predicted octanol–water partition coefficient (Wildman–Crippen LogP) is 4.46. The van der Waals surface area contributed by atoms with Crippen molar-refractivity contribution in [2.75, 3.05) is 7.11 Å². The van der Waals surface area contributed by atoms with Crippen LogP contribution in [0, 0.1) is 34.6 Å². The summed E-state index contributed by atoms with van der Waals surface area (Å²) in [6, 6.07) is 2.00. The average molecular weight is 335 g/mol. The van der Waals surface area contributed by atoms with Crippen LogP contribution in [0.2, 0.25) is 0 Å². The highest BCUT2D eigenvalue weighted by atomic mass is 79.9. The molecule has 4 heteroatoms. The Hall–Kier alpha value is -1.42. The van der Waals surface area contributed by atoms with Crippen molar-refractivity contribution in [2.45, 2.75) is 34.6 Å². The van der Waals surface area contributed by atoms with Gasteiger partial charge >= 0.3 is 0 Å². The lowest BCUT2D eigenvalue weighted by molar-refractivity contribution is 0.412. The van der Waals surface area contributed by atoms with Crippen molar-refractivity contribution < 1.29 is 4.74 Å². The van der Waals surface area contributed by atoms with Crippen LogP contribution in [0.25, 0.3) is 11.3 Å². The van der Waals surface area contributed by atoms with Crippen molar-refractivity contribution in [3.05, 3.63) is 38.7 Å². The maximum absolute atomic E-state index is 5.65. The average Bonchev–Trinajstić information content (AvgIpc) is 2.39. The standard InChI is InChI=1S/C16H19BrN2O/c1-8-7-13(19-12(5)18-8)14-11(4)15(17)9(2)10(3)16(14)20-6/h7H,1-6H3. The van der Waals surface area contributed by atoms with E-state index in [4.69, 9.17) is 4.74 Å². The fourth-order valence-corrected chi connectivity index (χ4v) is 2.99. The molecule has 0 aliphatic heterocycles. The quantitative estimate of drug-likeness (QED) is 0.813. The second-order valence-corrected chi connectivity index (χ2v) is 5.83. The summed E-state index contributed by atoms with van der Waals surface area (Å²) < 4.78 is 6.76. The molecule has 0 saturated carbocycles. The van der Waals surface area contributed by atoms with Crippen molar-refractivity contribution in [1.82, 2.24) is 9.97 Å². The Bertz CT molecular complexity index is 661. The van der Waals surface area contributed by atoms with E-state index < -0.39 is 0 Å². The van der Waals surface area contributed by atoms with Gasteiger partial charge < -0.3 is 4.74 Å². The molecule has 2 rings (SSSR count). The van der Waals surface area contributed by atoms with E-state index >= 15 is 0 Å². The van der Waals surface area contributed by atoms with Gasteiger partial charge in [0.2, 0.25) is 0 Å². The van der Waals surface area contributed by atoms with Gasteiger partial charge in [-0.25, -0.2) is 9.97 Å². The molecule has 106 valence electrons. The molecule has 0 radical (unpaired) electrons. The number of methoxy groups -OCH3 is 1. The maximum atomic E-state index is 5.65. The van der Waals surface area contributed by atoms with E-state index in [1.165, 1.54) is 5.56 Å². The topological polar surface area (TPSA) is 35.0 Å². The summed E-state index contributed by atoms with van der Waals surface area (Å²) in [5.74, 6) is 1.66. The Kier molecular flexibility index (Phi) is 4.14. The zero-order valence-electron chi connectivity index (χ0n) is 12.8. The third kappa shape index (κ3) is 2.44. The zero-order valence-corrected chi connectivity index (χ0v) is 14.3. The highest BCUT2D eigenvalue weighted by molar-refractivity contribution is 9.10. The third-order valence-electron chi connectivity index (χ3n) is 3.59. The van der Waals surface area contributed by atoms with Crippen LogP contribution < -0.4 is 4.74 Å². The van der Waals surface area contributed by atoms with Crippen LogP contribution in [-0.4, -0.2) is 17.1 Å². The van der Waals surface area contributed by atoms with Gasteiger partial charge in [0.1, 0.15) is 11.6 Å². The van der Waals surface area contributed by atoms with Gasteiger partial charge in [0.05, 0.1) is 12.8 Å². The van der Waals surface area contributed by atoms with Gasteiger partial charge in [-0.1, -0.05) is 15.9 Å². The van der Waals surface area contributed by atoms with Gasteiger partial charge in [-0.05, 0) is 57.4 Å². The largest absolute Gasteiger partial charge is 0.496 e. The molecule has 1 heterocycles. The van der Waals surface area contributed by atoms with E-state index in [2.05, 4.69) is 46.7 Å². The first-order valence-electron chi connectivity index (χ1n) is 6.52. The monoisotopic (exact) mass is 334 g/mol. The van der Waals surface area contributed by atoms with Gasteiger partial charge in [-0.2, -0.15) is 0 Å². The van der Waals surface area contributed by atoms with Crippen molar-refractivity contribution in [2.24, 2.45) is 0 Å². The normalized spacial score (nSPS) is 10.8. The Morgan fingerprint density at radius 1 is 0.950 bits per heavy atom. The number of aryl methyl sites for hydroxylation is 2. The SMILES string of the molecule is COc1c(C)c(C)c(Br)c(C)c1-c1cc(C)nc(C)n1. The fraction of sp³-hybridized carbons (Fsp3) is 0.375. The molecule has 0 saturated heterocycles. The molecule has 0 aliphatic carbocycles. The van der Waals surface area contributed by atoms with Gasteiger partial charge in [0.25, 0.3) is 0 Å². The summed E-state index contributed by atoms with van der Waals surface area (Å²) in [7, 11) is 1.71. The minimum absolute atomic E-state index is 0.774. The minimum Gasteiger partial charge on any atom is -0.496 e. The molecule has 1 aromatic heterocycles. The van der Waals surface area contributed by atoms with Crippen LogP contribution in [-0.2, 0) is 0 Å². The van der Waals surface area contributed by atoms with Crippen LogP contribution in [0.3, 0.4) is 0 Å². The molecule has 0 atom stereocenters. The Balaban J connectivity index is 2.85. The molecule has 0 N–H and O–H groups in total. The maximum Gasteiger partial charge on any atom is 0.131 e. The van der Waals surface area contributed by atoms with Crippen molar-refractivity contribution >= 4 is 15.9 Å². The first-order chi connectivity index (χ1) is 9.36. The molecule has 0 unspecified atom stereocenters. The summed E-state index contributed by atoms with van der Waals surface area (Å²) in [6.45, 7) is 10.1. The molecule has 1 aromatic carbocycles. The molecular weight excluding hydrogens is 316 g/mol. The van der Waals surface area contributed by atoms with Crippen molar-refractivity contribution in [3.8, 4) is 17.0 Å². The van der Waals surface area contributed by atoms with Crippen LogP contribution in [0.15, 0.2) is 10.5 Å². The van der Waals surface area contributed by atoms with E-state index in [9.17, 15) is 0 Å². The van der Waals surface area contributed by atoms with Gasteiger partial charge in [-0.3, -0.25) is 0 Å². The molecule has 20 heavy (non-hydrogen) atoms. The summed E-state index contributed by atoms with van der Waals surface area (Å²) in [4.78, 5) is 8.92. The lowest BCUT2D eigenvalue weighted by Gasteiger charge is -2.19. The molecule has 0 aliphatic rings. The number of halogens is 1. The molecule has 0 spiro atoms. The number of hydrogen-bond donors (Lipinski definition) is 0. The van der Waals surface area contributed by atoms with Crippen LogP contribution >= 0.6 is 15.9 Å². The van der Waals surface area contributed by atoms with Crippen molar-refractivity contribution in [1.29, 1.82) is 0 Å². The van der Waals surface area contributed by atoms with Crippen LogP contribution in [0.5, 0.6) is 5.75 Å². The molecule has 0 fully saturated rings. The van der Waals surface area contributed by atoms with Crippen LogP contribution in [0.1, 0.15) is 28.2 Å². The Labute approximate surface area is 128 Å². The highest BCUT2D eigenvalue weighted by Crippen LogP contribution is 2.41. The van der Waals surface area contributed by atoms with E-state index in [1.807, 2.05) is 19.9 Å². The van der Waals surface area contributed by atoms with Gasteiger partial charge in [0, 0.05) is 15.7 Å². The summed E-state index contributed by atoms with van der Waals surface area (Å²) in [5.41, 5.74) is 6.38. The third-order valence-corrected chi connectivity index (χ3v) is 4.78. The number of aromatic nitrogens is 2. The molecular formula is C16H19BrN2O. The summed E-state index contributed by atoms with van der Waals surface area (Å²) in [6.07, 6.45) is 0. The number of ether oxygens (including phenoxy) is 1. The molecule has 0 amide bonds. The van der Waals surface area contributed by atoms with Crippen LogP contribution in [0.4, 0.5) is 0 Å². The number of nitrogens with zero attached hydrogens (tertiary/aromatic N) is 2. The first kappa shape index (κ1) is 15.0. The summed E-state index contributed by atoms with van der Waals surface area (Å²) in [5, 5.41) is 0. The van der Waals surface area contributed by atoms with E-state index in [-0.39, 0.29) is 0 Å². The zero-order chi connectivity index (χ0) is 15.0. The van der Waals surface area contributed by atoms with E-state index in [0.717, 1.165) is 44.1 Å². The first-order valence-corrected chi connectivity index (χ1v) is 7.32. The second kappa shape index (κ2) is 5.52. The second-order valence-electron chi connectivity index (χ2n) is 5.04. The number of rotatable bonds is 2.